The molecule has 3 atom stereocenters. The van der Waals surface area contributed by atoms with Crippen molar-refractivity contribution in [1.29, 1.82) is 0 Å². The van der Waals surface area contributed by atoms with Crippen molar-refractivity contribution >= 4 is 13.7 Å². The Morgan fingerprint density at radius 1 is 0.409 bits per heavy atom. The molecule has 2 N–H and O–H groups in total. The third-order valence-electron chi connectivity index (χ3n) is 15.5. The Kier molecular flexibility index (Phi) is 65.0. The summed E-state index contributed by atoms with van der Waals surface area (Å²) in [4.78, 5) is 25.6. The number of hydrogen-bond acceptors (Lipinski definition) is 6. The second-order valence-corrected chi connectivity index (χ2v) is 26.6. The second kappa shape index (κ2) is 67.8. The van der Waals surface area contributed by atoms with Gasteiger partial charge in [-0.1, -0.05) is 320 Å². The van der Waals surface area contributed by atoms with Gasteiger partial charge in [0.1, 0.15) is 13.2 Å². The lowest BCUT2D eigenvalue weighted by Crippen LogP contribution is -2.45. The largest absolute Gasteiger partial charge is 0.756 e. The van der Waals surface area contributed by atoms with Crippen LogP contribution in [0.5, 0.6) is 0 Å². The summed E-state index contributed by atoms with van der Waals surface area (Å²) in [6, 6.07) is -0.921. The minimum absolute atomic E-state index is 0.0148. The summed E-state index contributed by atoms with van der Waals surface area (Å²) in [7, 11) is 1.22. The van der Waals surface area contributed by atoms with Gasteiger partial charge in [-0.15, -0.1) is 0 Å². The highest BCUT2D eigenvalue weighted by molar-refractivity contribution is 7.45. The lowest BCUT2D eigenvalue weighted by molar-refractivity contribution is -0.870. The first-order valence-electron chi connectivity index (χ1n) is 36.2. The van der Waals surface area contributed by atoms with Gasteiger partial charge < -0.3 is 28.8 Å². The Morgan fingerprint density at radius 2 is 0.705 bits per heavy atom. The Labute approximate surface area is 544 Å². The zero-order valence-corrected chi connectivity index (χ0v) is 58.5. The Balaban J connectivity index is 4.12. The predicted octanol–water partition coefficient (Wildman–Crippen LogP) is 22.9. The fourth-order valence-corrected chi connectivity index (χ4v) is 10.7. The van der Waals surface area contributed by atoms with Crippen molar-refractivity contribution < 1.29 is 32.9 Å². The maximum atomic E-state index is 13.0. The molecule has 1 amide bonds. The van der Waals surface area contributed by atoms with E-state index in [2.05, 4.69) is 153 Å². The molecule has 0 aromatic carbocycles. The molecular weight excluding hydrogens is 1100 g/mol. The molecule has 0 saturated heterocycles. The smallest absolute Gasteiger partial charge is 0.268 e. The van der Waals surface area contributed by atoms with Crippen LogP contribution in [0.4, 0.5) is 0 Å². The zero-order chi connectivity index (χ0) is 64.1. The molecule has 0 rings (SSSR count). The van der Waals surface area contributed by atoms with Crippen LogP contribution in [-0.2, 0) is 18.4 Å². The van der Waals surface area contributed by atoms with Crippen LogP contribution in [-0.4, -0.2) is 68.5 Å². The van der Waals surface area contributed by atoms with E-state index in [1.807, 2.05) is 27.2 Å². The van der Waals surface area contributed by atoms with Crippen molar-refractivity contribution in [2.24, 2.45) is 0 Å². The Hall–Kier alpha value is -3.62. The van der Waals surface area contributed by atoms with Gasteiger partial charge in [0.25, 0.3) is 7.82 Å². The summed E-state index contributed by atoms with van der Waals surface area (Å²) < 4.78 is 23.4. The van der Waals surface area contributed by atoms with E-state index in [9.17, 15) is 19.4 Å². The fraction of sp³-hybridized carbons (Fsp3) is 0.684. The topological polar surface area (TPSA) is 108 Å². The summed E-state index contributed by atoms with van der Waals surface area (Å²) in [5, 5.41) is 13.9. The second-order valence-electron chi connectivity index (χ2n) is 25.2. The molecule has 88 heavy (non-hydrogen) atoms. The van der Waals surface area contributed by atoms with Gasteiger partial charge in [0.05, 0.1) is 39.9 Å². The number of aliphatic hydroxyl groups excluding tert-OH is 1. The summed E-state index contributed by atoms with van der Waals surface area (Å²) in [5.41, 5.74) is 0. The third kappa shape index (κ3) is 69.8. The summed E-state index contributed by atoms with van der Waals surface area (Å²) in [6.07, 6.45) is 104. The Morgan fingerprint density at radius 3 is 1.06 bits per heavy atom. The van der Waals surface area contributed by atoms with E-state index in [-0.39, 0.29) is 12.5 Å². The molecule has 0 bridgehead atoms. The van der Waals surface area contributed by atoms with Gasteiger partial charge in [0.2, 0.25) is 5.91 Å². The number of nitrogens with zero attached hydrogens (tertiary/aromatic N) is 1. The highest BCUT2D eigenvalue weighted by Crippen LogP contribution is 2.38. The molecular formula is C79H137N2O6P. The predicted molar refractivity (Wildman–Crippen MR) is 385 cm³/mol. The van der Waals surface area contributed by atoms with Gasteiger partial charge in [-0.3, -0.25) is 9.36 Å². The van der Waals surface area contributed by atoms with Crippen molar-refractivity contribution in [3.05, 3.63) is 146 Å². The molecule has 0 heterocycles. The molecule has 0 saturated carbocycles. The zero-order valence-electron chi connectivity index (χ0n) is 57.6. The van der Waals surface area contributed by atoms with Crippen LogP contribution in [0, 0.1) is 0 Å². The summed E-state index contributed by atoms with van der Waals surface area (Å²) >= 11 is 0. The highest BCUT2D eigenvalue weighted by Gasteiger charge is 2.23. The Bertz CT molecular complexity index is 1950. The molecule has 0 radical (unpaired) electrons. The third-order valence-corrected chi connectivity index (χ3v) is 16.5. The number of likely N-dealkylation sites (N-methyl/N-ethyl adjacent to an activating group) is 1. The standard InChI is InChI=1S/C79H137N2O6P/c1-6-8-10-12-14-16-18-20-22-24-26-28-30-32-33-34-35-36-37-38-39-40-41-42-43-44-45-46-47-49-51-53-55-57-59-61-63-65-67-69-71-73-79(83)80-77(76-87-88(84,85)86-75-74-81(3,4)5)78(82)72-70-68-66-64-62-60-58-56-54-52-50-48-31-29-27-25-23-21-19-17-15-13-11-9-7-2/h8,10,14,16,20,22,26,28,32-33,35-36,38-39,41-42,44-45,54,56,62,64,70,72,77-78,82H,6-7,9,11-13,15,17-19,21,23-25,27,29-31,34,37,40,43,46-53,55,57-61,63,65-69,71,73-76H2,1-5H3,(H-,80,83,84,85)/b10-8-,16-14-,22-20-,28-26-,33-32-,36-35-,39-38-,42-41-,45-44-,56-54+,64-62+,72-70+. The highest BCUT2D eigenvalue weighted by atomic mass is 31.2. The maximum Gasteiger partial charge on any atom is 0.268 e. The fourth-order valence-electron chi connectivity index (χ4n) is 9.94. The normalized spacial score (nSPS) is 14.5. The van der Waals surface area contributed by atoms with Crippen LogP contribution >= 0.6 is 7.82 Å². The van der Waals surface area contributed by atoms with Crippen molar-refractivity contribution in [2.45, 2.75) is 309 Å². The molecule has 3 unspecified atom stereocenters. The monoisotopic (exact) mass is 1240 g/mol. The van der Waals surface area contributed by atoms with Gasteiger partial charge >= 0.3 is 0 Å². The van der Waals surface area contributed by atoms with Crippen LogP contribution < -0.4 is 10.2 Å². The number of carbonyl (C=O) groups is 1. The molecule has 0 aliphatic rings. The van der Waals surface area contributed by atoms with Crippen LogP contribution in [0.2, 0.25) is 0 Å². The number of hydrogen-bond donors (Lipinski definition) is 2. The van der Waals surface area contributed by atoms with Gasteiger partial charge in [-0.25, -0.2) is 0 Å². The van der Waals surface area contributed by atoms with Crippen molar-refractivity contribution in [3.63, 3.8) is 0 Å². The van der Waals surface area contributed by atoms with Crippen LogP contribution in [0.1, 0.15) is 296 Å². The molecule has 0 spiro atoms. The van der Waals surface area contributed by atoms with Crippen LogP contribution in [0.25, 0.3) is 0 Å². The van der Waals surface area contributed by atoms with E-state index >= 15 is 0 Å². The van der Waals surface area contributed by atoms with E-state index in [1.165, 1.54) is 173 Å². The van der Waals surface area contributed by atoms with Crippen molar-refractivity contribution in [2.75, 3.05) is 40.9 Å². The van der Waals surface area contributed by atoms with Gasteiger partial charge in [-0.2, -0.15) is 0 Å². The van der Waals surface area contributed by atoms with Crippen LogP contribution in [0.3, 0.4) is 0 Å². The number of unbranched alkanes of at least 4 members (excludes halogenated alkanes) is 30. The number of phosphoric ester groups is 1. The molecule has 504 valence electrons. The van der Waals surface area contributed by atoms with E-state index in [0.717, 1.165) is 103 Å². The van der Waals surface area contributed by atoms with E-state index in [4.69, 9.17) is 9.05 Å². The molecule has 0 aromatic rings. The lowest BCUT2D eigenvalue weighted by atomic mass is 10.0. The first-order valence-corrected chi connectivity index (χ1v) is 37.7. The molecule has 0 aliphatic heterocycles. The molecule has 0 aromatic heterocycles. The number of allylic oxidation sites excluding steroid dienone is 23. The number of quaternary nitrogens is 1. The molecule has 0 aliphatic carbocycles. The van der Waals surface area contributed by atoms with E-state index in [1.54, 1.807) is 6.08 Å². The van der Waals surface area contributed by atoms with Gasteiger partial charge in [0.15, 0.2) is 0 Å². The molecule has 9 heteroatoms. The minimum Gasteiger partial charge on any atom is -0.756 e. The molecule has 0 fully saturated rings. The number of amides is 1. The van der Waals surface area contributed by atoms with Crippen molar-refractivity contribution in [1.82, 2.24) is 5.32 Å². The van der Waals surface area contributed by atoms with E-state index < -0.39 is 26.6 Å². The SMILES string of the molecule is CC/C=C\C/C=C\C/C=C\C/C=C\C/C=C\C/C=C\C/C=C\C/C=C\C/C=C\CCCCCCCCCCCCCCCC(=O)NC(COP(=O)([O-])OCC[N+](C)(C)C)C(O)/C=C/CC/C=C/CC/C=C/CCCCCCCCCCCCCCCCC. The van der Waals surface area contributed by atoms with Gasteiger partial charge in [-0.05, 0) is 116 Å². The number of nitrogens with one attached hydrogen (secondary N) is 1. The van der Waals surface area contributed by atoms with E-state index in [0.29, 0.717) is 17.4 Å². The number of aliphatic hydroxyl groups is 1. The quantitative estimate of drug-likeness (QED) is 0.0272. The van der Waals surface area contributed by atoms with Gasteiger partial charge in [0, 0.05) is 6.42 Å². The van der Waals surface area contributed by atoms with Crippen molar-refractivity contribution in [3.8, 4) is 0 Å². The first-order chi connectivity index (χ1) is 43.0. The average molecular weight is 1240 g/mol. The summed E-state index contributed by atoms with van der Waals surface area (Å²) in [6.45, 7) is 4.52. The summed E-state index contributed by atoms with van der Waals surface area (Å²) in [5.74, 6) is -0.216. The number of rotatable bonds is 65. The molecule has 8 nitrogen and oxygen atoms in total. The lowest BCUT2D eigenvalue weighted by Gasteiger charge is -2.29. The maximum absolute atomic E-state index is 13.0. The first kappa shape index (κ1) is 84.4. The number of phosphoric acid groups is 1. The minimum atomic E-state index is -4.63. The average Bonchev–Trinajstić information content (AvgIpc) is 3.71. The van der Waals surface area contributed by atoms with Crippen LogP contribution in [0.15, 0.2) is 146 Å². The number of carbonyl (C=O) groups excluding carboxylic acids is 1.